The van der Waals surface area contributed by atoms with Crippen LogP contribution in [0, 0.1) is 25.2 Å². The van der Waals surface area contributed by atoms with Crippen molar-refractivity contribution in [3.8, 4) is 6.07 Å². The molecule has 1 heterocycles. The lowest BCUT2D eigenvalue weighted by molar-refractivity contribution is -0.117. The predicted molar refractivity (Wildman–Crippen MR) is 115 cm³/mol. The lowest BCUT2D eigenvalue weighted by atomic mass is 9.98. The van der Waals surface area contributed by atoms with E-state index in [0.717, 1.165) is 36.2 Å². The zero-order chi connectivity index (χ0) is 21.2. The minimum Gasteiger partial charge on any atom is -0.383 e. The Morgan fingerprint density at radius 1 is 1.38 bits per heavy atom. The fourth-order valence-electron chi connectivity index (χ4n) is 4.10. The van der Waals surface area contributed by atoms with E-state index >= 15 is 0 Å². The number of amides is 1. The molecule has 6 nitrogen and oxygen atoms in total. The van der Waals surface area contributed by atoms with Crippen molar-refractivity contribution in [1.29, 1.82) is 5.26 Å². The maximum atomic E-state index is 12.4. The topological polar surface area (TPSA) is 76.3 Å². The van der Waals surface area contributed by atoms with Crippen LogP contribution in [0.3, 0.4) is 0 Å². The van der Waals surface area contributed by atoms with E-state index in [4.69, 9.17) is 9.47 Å². The number of nitrogens with zero attached hydrogens (tertiary/aromatic N) is 2. The summed E-state index contributed by atoms with van der Waals surface area (Å²) in [6.07, 6.45) is 8.92. The summed E-state index contributed by atoms with van der Waals surface area (Å²) in [5.74, 6) is -0.333. The summed E-state index contributed by atoms with van der Waals surface area (Å²) in [5.41, 5.74) is 3.11. The van der Waals surface area contributed by atoms with Gasteiger partial charge >= 0.3 is 0 Å². The quantitative estimate of drug-likeness (QED) is 0.364. The molecule has 1 aliphatic carbocycles. The SMILES string of the molecule is COCC(C)n1c(C)cc(/C=C(\C#N)C(=O)NCCCOC2CCCCC2)c1C. The number of nitrogens with one attached hydrogen (secondary N) is 1. The molecule has 0 bridgehead atoms. The van der Waals surface area contributed by atoms with E-state index in [1.807, 2.05) is 26.0 Å². The first-order chi connectivity index (χ1) is 14.0. The number of methoxy groups -OCH3 is 1. The molecule has 0 saturated heterocycles. The van der Waals surface area contributed by atoms with Crippen LogP contribution in [0.15, 0.2) is 11.6 Å². The van der Waals surface area contributed by atoms with E-state index in [1.54, 1.807) is 13.2 Å². The smallest absolute Gasteiger partial charge is 0.261 e. The third-order valence-electron chi connectivity index (χ3n) is 5.55. The highest BCUT2D eigenvalue weighted by Crippen LogP contribution is 2.23. The molecule has 6 heteroatoms. The zero-order valence-electron chi connectivity index (χ0n) is 18.3. The molecule has 1 atom stereocenters. The van der Waals surface area contributed by atoms with Gasteiger partial charge in [0.05, 0.1) is 18.8 Å². The van der Waals surface area contributed by atoms with E-state index in [1.165, 1.54) is 19.3 Å². The van der Waals surface area contributed by atoms with Gasteiger partial charge in [-0.05, 0) is 57.7 Å². The van der Waals surface area contributed by atoms with Gasteiger partial charge in [0.25, 0.3) is 5.91 Å². The van der Waals surface area contributed by atoms with Crippen LogP contribution in [0.1, 0.15) is 68.4 Å². The third kappa shape index (κ3) is 6.73. The first kappa shape index (κ1) is 23.2. The normalized spacial score (nSPS) is 16.4. The summed E-state index contributed by atoms with van der Waals surface area (Å²) in [6, 6.07) is 4.23. The van der Waals surface area contributed by atoms with Crippen LogP contribution in [-0.2, 0) is 14.3 Å². The molecule has 1 N–H and O–H groups in total. The standard InChI is InChI=1S/C23H35N3O3/c1-17-13-20(19(3)26(17)18(2)16-28-4)14-21(15-24)23(27)25-11-8-12-29-22-9-6-5-7-10-22/h13-14,18,22H,5-12,16H2,1-4H3,(H,25,27)/b21-14+. The summed E-state index contributed by atoms with van der Waals surface area (Å²) < 4.78 is 13.3. The van der Waals surface area contributed by atoms with E-state index in [0.29, 0.717) is 25.9 Å². The Morgan fingerprint density at radius 2 is 2.10 bits per heavy atom. The Balaban J connectivity index is 1.89. The molecule has 1 saturated carbocycles. The van der Waals surface area contributed by atoms with Gasteiger partial charge in [-0.3, -0.25) is 4.79 Å². The second-order valence-electron chi connectivity index (χ2n) is 7.91. The Morgan fingerprint density at radius 3 is 2.76 bits per heavy atom. The van der Waals surface area contributed by atoms with Crippen LogP contribution >= 0.6 is 0 Å². The molecule has 160 valence electrons. The van der Waals surface area contributed by atoms with Gasteiger partial charge in [-0.1, -0.05) is 19.3 Å². The molecule has 2 rings (SSSR count). The maximum absolute atomic E-state index is 12.4. The van der Waals surface area contributed by atoms with Crippen LogP contribution in [-0.4, -0.2) is 43.4 Å². The minimum atomic E-state index is -0.333. The lowest BCUT2D eigenvalue weighted by Crippen LogP contribution is -2.27. The number of hydrogen-bond donors (Lipinski definition) is 1. The molecule has 1 aromatic rings. The molecule has 0 aromatic carbocycles. The highest BCUT2D eigenvalue weighted by atomic mass is 16.5. The van der Waals surface area contributed by atoms with Gasteiger partial charge in [0.1, 0.15) is 11.6 Å². The number of carbonyl (C=O) groups is 1. The Labute approximate surface area is 174 Å². The summed E-state index contributed by atoms with van der Waals surface area (Å²) in [4.78, 5) is 12.4. The van der Waals surface area contributed by atoms with Crippen molar-refractivity contribution in [1.82, 2.24) is 9.88 Å². The van der Waals surface area contributed by atoms with Gasteiger partial charge in [-0.25, -0.2) is 0 Å². The Bertz CT molecular complexity index is 739. The molecule has 1 aliphatic rings. The Hall–Kier alpha value is -2.10. The number of hydrogen-bond acceptors (Lipinski definition) is 4. The average molecular weight is 402 g/mol. The van der Waals surface area contributed by atoms with E-state index < -0.39 is 0 Å². The number of rotatable bonds is 10. The van der Waals surface area contributed by atoms with Gasteiger partial charge < -0.3 is 19.4 Å². The first-order valence-electron chi connectivity index (χ1n) is 10.7. The van der Waals surface area contributed by atoms with E-state index in [9.17, 15) is 10.1 Å². The number of ether oxygens (including phenoxy) is 2. The number of carbonyl (C=O) groups excluding carboxylic acids is 1. The van der Waals surface area contributed by atoms with Crippen molar-refractivity contribution < 1.29 is 14.3 Å². The van der Waals surface area contributed by atoms with Gasteiger partial charge in [0, 0.05) is 31.6 Å². The van der Waals surface area contributed by atoms with Crippen molar-refractivity contribution in [3.63, 3.8) is 0 Å². The molecule has 0 spiro atoms. The predicted octanol–water partition coefficient (Wildman–Crippen LogP) is 4.07. The fourth-order valence-corrected chi connectivity index (χ4v) is 4.10. The number of aromatic nitrogens is 1. The van der Waals surface area contributed by atoms with Crippen molar-refractivity contribution in [3.05, 3.63) is 28.6 Å². The highest BCUT2D eigenvalue weighted by Gasteiger charge is 2.16. The second-order valence-corrected chi connectivity index (χ2v) is 7.91. The molecule has 1 amide bonds. The summed E-state index contributed by atoms with van der Waals surface area (Å²) in [5, 5.41) is 12.3. The first-order valence-corrected chi connectivity index (χ1v) is 10.7. The van der Waals surface area contributed by atoms with Crippen LogP contribution < -0.4 is 5.32 Å². The second kappa shape index (κ2) is 11.8. The summed E-state index contributed by atoms with van der Waals surface area (Å²) in [7, 11) is 1.68. The van der Waals surface area contributed by atoms with Crippen LogP contribution in [0.4, 0.5) is 0 Å². The molecular weight excluding hydrogens is 366 g/mol. The van der Waals surface area contributed by atoms with Crippen LogP contribution in [0.5, 0.6) is 0 Å². The molecule has 1 fully saturated rings. The molecule has 29 heavy (non-hydrogen) atoms. The van der Waals surface area contributed by atoms with E-state index in [-0.39, 0.29) is 17.5 Å². The summed E-state index contributed by atoms with van der Waals surface area (Å²) in [6.45, 7) is 7.87. The number of nitriles is 1. The van der Waals surface area contributed by atoms with Crippen molar-refractivity contribution in [2.45, 2.75) is 71.4 Å². The van der Waals surface area contributed by atoms with Gasteiger partial charge in [0.15, 0.2) is 0 Å². The van der Waals surface area contributed by atoms with Gasteiger partial charge in [-0.15, -0.1) is 0 Å². The van der Waals surface area contributed by atoms with Gasteiger partial charge in [0.2, 0.25) is 0 Å². The molecule has 0 radical (unpaired) electrons. The fraction of sp³-hybridized carbons (Fsp3) is 0.652. The van der Waals surface area contributed by atoms with Crippen LogP contribution in [0.2, 0.25) is 0 Å². The van der Waals surface area contributed by atoms with E-state index in [2.05, 4.69) is 16.8 Å². The molecule has 0 aliphatic heterocycles. The molecule has 1 unspecified atom stereocenters. The average Bonchev–Trinajstić information content (AvgIpc) is 2.99. The zero-order valence-corrected chi connectivity index (χ0v) is 18.3. The number of aryl methyl sites for hydroxylation is 1. The third-order valence-corrected chi connectivity index (χ3v) is 5.55. The minimum absolute atomic E-state index is 0.123. The van der Waals surface area contributed by atoms with Crippen molar-refractivity contribution in [2.75, 3.05) is 26.9 Å². The lowest BCUT2D eigenvalue weighted by Gasteiger charge is -2.21. The molecular formula is C23H35N3O3. The van der Waals surface area contributed by atoms with Crippen LogP contribution in [0.25, 0.3) is 6.08 Å². The highest BCUT2D eigenvalue weighted by molar-refractivity contribution is 6.01. The Kier molecular flexibility index (Phi) is 9.43. The molecule has 1 aromatic heterocycles. The maximum Gasteiger partial charge on any atom is 0.261 e. The summed E-state index contributed by atoms with van der Waals surface area (Å²) >= 11 is 0. The monoisotopic (exact) mass is 401 g/mol. The van der Waals surface area contributed by atoms with Gasteiger partial charge in [-0.2, -0.15) is 5.26 Å². The van der Waals surface area contributed by atoms with Crippen molar-refractivity contribution >= 4 is 12.0 Å². The largest absolute Gasteiger partial charge is 0.383 e. The van der Waals surface area contributed by atoms with Crippen molar-refractivity contribution in [2.24, 2.45) is 0 Å².